The second-order valence-electron chi connectivity index (χ2n) is 4.91. The summed E-state index contributed by atoms with van der Waals surface area (Å²) in [5, 5.41) is 2.78. The average Bonchev–Trinajstić information content (AvgIpc) is 2.35. The first-order chi connectivity index (χ1) is 8.90. The first-order valence-electron chi connectivity index (χ1n) is 6.21. The molecule has 0 heterocycles. The molecule has 0 fully saturated rings. The van der Waals surface area contributed by atoms with Crippen LogP contribution in [0.2, 0.25) is 0 Å². The second kappa shape index (κ2) is 7.19. The van der Waals surface area contributed by atoms with Gasteiger partial charge in [-0.2, -0.15) is 0 Å². The predicted molar refractivity (Wildman–Crippen MR) is 78.5 cm³/mol. The number of carbonyl (C=O) groups is 2. The highest BCUT2D eigenvalue weighted by Gasteiger charge is 2.14. The molecule has 1 rings (SSSR count). The zero-order chi connectivity index (χ0) is 14.4. The molecule has 19 heavy (non-hydrogen) atoms. The molecule has 0 aliphatic heterocycles. The van der Waals surface area contributed by atoms with E-state index in [1.165, 1.54) is 4.90 Å². The number of nitrogens with zero attached hydrogens (tertiary/aromatic N) is 1. The molecule has 1 aromatic carbocycles. The molecule has 0 radical (unpaired) electrons. The van der Waals surface area contributed by atoms with Crippen LogP contribution in [0.15, 0.2) is 29.2 Å². The molecule has 0 saturated heterocycles. The van der Waals surface area contributed by atoms with Crippen molar-refractivity contribution in [3.05, 3.63) is 29.8 Å². The molecule has 104 valence electrons. The van der Waals surface area contributed by atoms with Crippen molar-refractivity contribution in [2.24, 2.45) is 5.92 Å². The Labute approximate surface area is 119 Å². The van der Waals surface area contributed by atoms with Crippen LogP contribution in [-0.4, -0.2) is 36.9 Å². The number of thiol groups is 1. The van der Waals surface area contributed by atoms with E-state index >= 15 is 0 Å². The zero-order valence-corrected chi connectivity index (χ0v) is 12.4. The maximum Gasteiger partial charge on any atom is 0.254 e. The fraction of sp³-hybridized carbons (Fsp3) is 0.429. The molecular weight excluding hydrogens is 260 g/mol. The molecule has 0 atom stereocenters. The van der Waals surface area contributed by atoms with Crippen molar-refractivity contribution in [1.82, 2.24) is 10.2 Å². The Hall–Kier alpha value is -1.49. The quantitative estimate of drug-likeness (QED) is 0.808. The molecule has 0 bridgehead atoms. The SMILES string of the molecule is CC(C)CNC(=O)CN(C)C(=O)c1cccc(S)c1. The summed E-state index contributed by atoms with van der Waals surface area (Å²) < 4.78 is 0. The van der Waals surface area contributed by atoms with Gasteiger partial charge in [-0.05, 0) is 24.1 Å². The van der Waals surface area contributed by atoms with Crippen molar-refractivity contribution in [2.75, 3.05) is 20.1 Å². The molecule has 1 aromatic rings. The molecule has 2 amide bonds. The van der Waals surface area contributed by atoms with E-state index < -0.39 is 0 Å². The van der Waals surface area contributed by atoms with E-state index in [2.05, 4.69) is 17.9 Å². The third kappa shape index (κ3) is 5.34. The van der Waals surface area contributed by atoms with Gasteiger partial charge in [0, 0.05) is 24.1 Å². The average molecular weight is 280 g/mol. The molecule has 0 spiro atoms. The number of nitrogens with one attached hydrogen (secondary N) is 1. The largest absolute Gasteiger partial charge is 0.354 e. The predicted octanol–water partition coefficient (Wildman–Crippen LogP) is 1.82. The summed E-state index contributed by atoms with van der Waals surface area (Å²) in [6.07, 6.45) is 0. The first-order valence-corrected chi connectivity index (χ1v) is 6.66. The van der Waals surface area contributed by atoms with Crippen molar-refractivity contribution in [3.63, 3.8) is 0 Å². The van der Waals surface area contributed by atoms with Crippen LogP contribution in [0.4, 0.5) is 0 Å². The van der Waals surface area contributed by atoms with Gasteiger partial charge in [0.15, 0.2) is 0 Å². The maximum absolute atomic E-state index is 12.1. The minimum absolute atomic E-state index is 0.0579. The molecule has 0 saturated carbocycles. The van der Waals surface area contributed by atoms with Crippen LogP contribution in [0.5, 0.6) is 0 Å². The van der Waals surface area contributed by atoms with E-state index in [1.54, 1.807) is 31.3 Å². The van der Waals surface area contributed by atoms with Gasteiger partial charge in [-0.15, -0.1) is 12.6 Å². The molecular formula is C14H20N2O2S. The number of benzene rings is 1. The van der Waals surface area contributed by atoms with Gasteiger partial charge in [0.25, 0.3) is 5.91 Å². The molecule has 1 N–H and O–H groups in total. The van der Waals surface area contributed by atoms with E-state index in [4.69, 9.17) is 0 Å². The van der Waals surface area contributed by atoms with Gasteiger partial charge in [0.1, 0.15) is 0 Å². The fourth-order valence-electron chi connectivity index (χ4n) is 1.52. The van der Waals surface area contributed by atoms with E-state index in [0.717, 1.165) is 4.90 Å². The Morgan fingerprint density at radius 1 is 1.37 bits per heavy atom. The van der Waals surface area contributed by atoms with Gasteiger partial charge in [0.2, 0.25) is 5.91 Å². The number of likely N-dealkylation sites (N-methyl/N-ethyl adjacent to an activating group) is 1. The lowest BCUT2D eigenvalue weighted by Gasteiger charge is -2.17. The number of hydrogen-bond acceptors (Lipinski definition) is 3. The van der Waals surface area contributed by atoms with Gasteiger partial charge in [-0.1, -0.05) is 19.9 Å². The van der Waals surface area contributed by atoms with Gasteiger partial charge < -0.3 is 10.2 Å². The minimum Gasteiger partial charge on any atom is -0.354 e. The zero-order valence-electron chi connectivity index (χ0n) is 11.5. The Morgan fingerprint density at radius 3 is 2.63 bits per heavy atom. The van der Waals surface area contributed by atoms with Crippen LogP contribution in [0, 0.1) is 5.92 Å². The minimum atomic E-state index is -0.185. The Bertz CT molecular complexity index is 461. The van der Waals surface area contributed by atoms with Crippen molar-refractivity contribution in [3.8, 4) is 0 Å². The van der Waals surface area contributed by atoms with Crippen LogP contribution in [0.25, 0.3) is 0 Å². The monoisotopic (exact) mass is 280 g/mol. The Balaban J connectivity index is 2.55. The molecule has 0 aliphatic rings. The highest BCUT2D eigenvalue weighted by molar-refractivity contribution is 7.80. The summed E-state index contributed by atoms with van der Waals surface area (Å²) in [5.41, 5.74) is 0.534. The van der Waals surface area contributed by atoms with Crippen molar-refractivity contribution in [2.45, 2.75) is 18.7 Å². The lowest BCUT2D eigenvalue weighted by Crippen LogP contribution is -2.39. The first kappa shape index (κ1) is 15.6. The number of amides is 2. The van der Waals surface area contributed by atoms with Gasteiger partial charge in [-0.25, -0.2) is 0 Å². The van der Waals surface area contributed by atoms with Gasteiger partial charge in [-0.3, -0.25) is 9.59 Å². The Morgan fingerprint density at radius 2 is 2.05 bits per heavy atom. The van der Waals surface area contributed by atoms with Crippen LogP contribution >= 0.6 is 12.6 Å². The normalized spacial score (nSPS) is 10.4. The summed E-state index contributed by atoms with van der Waals surface area (Å²) in [5.74, 6) is 0.0630. The standard InChI is InChI=1S/C14H20N2O2S/c1-10(2)8-15-13(17)9-16(3)14(18)11-5-4-6-12(19)7-11/h4-7,10,19H,8-9H2,1-3H3,(H,15,17). The molecule has 5 heteroatoms. The summed E-state index contributed by atoms with van der Waals surface area (Å²) >= 11 is 4.19. The summed E-state index contributed by atoms with van der Waals surface area (Å²) in [7, 11) is 1.61. The summed E-state index contributed by atoms with van der Waals surface area (Å²) in [6.45, 7) is 4.72. The third-order valence-corrected chi connectivity index (χ3v) is 2.81. The highest BCUT2D eigenvalue weighted by atomic mass is 32.1. The molecule has 4 nitrogen and oxygen atoms in total. The van der Waals surface area contributed by atoms with Crippen LogP contribution in [-0.2, 0) is 4.79 Å². The maximum atomic E-state index is 12.1. The Kier molecular flexibility index (Phi) is 5.89. The van der Waals surface area contributed by atoms with Crippen LogP contribution < -0.4 is 5.32 Å². The van der Waals surface area contributed by atoms with E-state index in [-0.39, 0.29) is 18.4 Å². The van der Waals surface area contributed by atoms with E-state index in [1.807, 2.05) is 13.8 Å². The highest BCUT2D eigenvalue weighted by Crippen LogP contribution is 2.10. The van der Waals surface area contributed by atoms with Crippen LogP contribution in [0.1, 0.15) is 24.2 Å². The number of carbonyl (C=O) groups excluding carboxylic acids is 2. The molecule has 0 aliphatic carbocycles. The third-order valence-electron chi connectivity index (χ3n) is 2.53. The van der Waals surface area contributed by atoms with Gasteiger partial charge in [0.05, 0.1) is 6.54 Å². The van der Waals surface area contributed by atoms with Crippen molar-refractivity contribution in [1.29, 1.82) is 0 Å². The number of rotatable bonds is 5. The molecule has 0 aromatic heterocycles. The lowest BCUT2D eigenvalue weighted by atomic mass is 10.2. The fourth-order valence-corrected chi connectivity index (χ4v) is 1.75. The summed E-state index contributed by atoms with van der Waals surface area (Å²) in [6, 6.07) is 6.97. The smallest absolute Gasteiger partial charge is 0.254 e. The topological polar surface area (TPSA) is 49.4 Å². The van der Waals surface area contributed by atoms with Gasteiger partial charge >= 0.3 is 0 Å². The molecule has 0 unspecified atom stereocenters. The van der Waals surface area contributed by atoms with Crippen molar-refractivity contribution >= 4 is 24.4 Å². The van der Waals surface area contributed by atoms with E-state index in [0.29, 0.717) is 18.0 Å². The number of hydrogen-bond donors (Lipinski definition) is 2. The second-order valence-corrected chi connectivity index (χ2v) is 5.43. The van der Waals surface area contributed by atoms with Crippen molar-refractivity contribution < 1.29 is 9.59 Å². The van der Waals surface area contributed by atoms with E-state index in [9.17, 15) is 9.59 Å². The van der Waals surface area contributed by atoms with Crippen LogP contribution in [0.3, 0.4) is 0 Å². The lowest BCUT2D eigenvalue weighted by molar-refractivity contribution is -0.121. The summed E-state index contributed by atoms with van der Waals surface area (Å²) in [4.78, 5) is 25.8.